The van der Waals surface area contributed by atoms with Crippen LogP contribution < -0.4 is 15.2 Å². The number of nitrogens with two attached hydrogens (primary N) is 1. The van der Waals surface area contributed by atoms with Crippen LogP contribution in [0.1, 0.15) is 24.6 Å². The van der Waals surface area contributed by atoms with Gasteiger partial charge in [0.05, 0.1) is 12.3 Å². The summed E-state index contributed by atoms with van der Waals surface area (Å²) in [6.07, 6.45) is 2.87. The topological polar surface area (TPSA) is 62.3 Å². The molecule has 0 unspecified atom stereocenters. The zero-order valence-corrected chi connectivity index (χ0v) is 12.0. The van der Waals surface area contributed by atoms with E-state index in [0.29, 0.717) is 19.8 Å². The van der Waals surface area contributed by atoms with E-state index in [9.17, 15) is 0 Å². The second-order valence-electron chi connectivity index (χ2n) is 4.59. The van der Waals surface area contributed by atoms with Crippen molar-refractivity contribution in [2.75, 3.05) is 6.61 Å². The Labute approximate surface area is 119 Å². The summed E-state index contributed by atoms with van der Waals surface area (Å²) in [7, 11) is 1.88. The van der Waals surface area contributed by atoms with E-state index in [2.05, 4.69) is 12.0 Å². The Bertz CT molecular complexity index is 552. The molecule has 0 radical (unpaired) electrons. The molecule has 2 rings (SSSR count). The van der Waals surface area contributed by atoms with Crippen molar-refractivity contribution in [3.63, 3.8) is 0 Å². The summed E-state index contributed by atoms with van der Waals surface area (Å²) in [6, 6.07) is 7.69. The van der Waals surface area contributed by atoms with Gasteiger partial charge in [0, 0.05) is 31.4 Å². The Morgan fingerprint density at radius 3 is 2.75 bits per heavy atom. The van der Waals surface area contributed by atoms with Crippen LogP contribution in [0.5, 0.6) is 11.5 Å². The van der Waals surface area contributed by atoms with Gasteiger partial charge in [-0.2, -0.15) is 5.10 Å². The van der Waals surface area contributed by atoms with E-state index in [1.807, 2.05) is 37.5 Å². The lowest BCUT2D eigenvalue weighted by atomic mass is 10.2. The Hall–Kier alpha value is -2.01. The Balaban J connectivity index is 2.07. The Morgan fingerprint density at radius 2 is 2.10 bits per heavy atom. The zero-order valence-electron chi connectivity index (χ0n) is 12.0. The summed E-state index contributed by atoms with van der Waals surface area (Å²) >= 11 is 0. The van der Waals surface area contributed by atoms with Crippen molar-refractivity contribution in [2.45, 2.75) is 26.5 Å². The highest BCUT2D eigenvalue weighted by molar-refractivity contribution is 5.40. The summed E-state index contributed by atoms with van der Waals surface area (Å²) in [5.74, 6) is 1.56. The predicted octanol–water partition coefficient (Wildman–Crippen LogP) is 2.25. The predicted molar refractivity (Wildman–Crippen MR) is 77.7 cm³/mol. The number of aromatic nitrogens is 2. The third kappa shape index (κ3) is 3.74. The fourth-order valence-corrected chi connectivity index (χ4v) is 1.84. The average molecular weight is 275 g/mol. The Morgan fingerprint density at radius 1 is 1.25 bits per heavy atom. The van der Waals surface area contributed by atoms with Crippen molar-refractivity contribution in [1.82, 2.24) is 9.78 Å². The molecule has 20 heavy (non-hydrogen) atoms. The lowest BCUT2D eigenvalue weighted by molar-refractivity contribution is 0.288. The molecule has 0 amide bonds. The summed E-state index contributed by atoms with van der Waals surface area (Å²) in [6.45, 7) is 3.63. The van der Waals surface area contributed by atoms with E-state index in [0.717, 1.165) is 29.2 Å². The van der Waals surface area contributed by atoms with E-state index in [1.54, 1.807) is 4.68 Å². The highest BCUT2D eigenvalue weighted by Crippen LogP contribution is 2.25. The largest absolute Gasteiger partial charge is 0.493 e. The van der Waals surface area contributed by atoms with Gasteiger partial charge in [-0.15, -0.1) is 0 Å². The van der Waals surface area contributed by atoms with Gasteiger partial charge in [0.15, 0.2) is 0 Å². The van der Waals surface area contributed by atoms with Crippen LogP contribution in [-0.2, 0) is 20.2 Å². The van der Waals surface area contributed by atoms with E-state index in [4.69, 9.17) is 15.2 Å². The minimum absolute atomic E-state index is 0.422. The number of rotatable bonds is 7. The maximum atomic E-state index is 5.81. The third-order valence-corrected chi connectivity index (χ3v) is 2.88. The van der Waals surface area contributed by atoms with Crippen LogP contribution in [0.2, 0.25) is 0 Å². The van der Waals surface area contributed by atoms with Crippen molar-refractivity contribution >= 4 is 0 Å². The molecule has 2 aromatic rings. The van der Waals surface area contributed by atoms with Crippen molar-refractivity contribution < 1.29 is 9.47 Å². The van der Waals surface area contributed by atoms with Gasteiger partial charge in [-0.25, -0.2) is 0 Å². The second-order valence-corrected chi connectivity index (χ2v) is 4.59. The molecular formula is C15H21N3O2. The molecule has 5 nitrogen and oxygen atoms in total. The van der Waals surface area contributed by atoms with Gasteiger partial charge in [-0.05, 0) is 18.6 Å². The van der Waals surface area contributed by atoms with Crippen molar-refractivity contribution in [2.24, 2.45) is 12.8 Å². The lowest BCUT2D eigenvalue weighted by Crippen LogP contribution is -2.04. The first-order chi connectivity index (χ1) is 9.72. The first-order valence-electron chi connectivity index (χ1n) is 6.80. The van der Waals surface area contributed by atoms with E-state index < -0.39 is 0 Å². The summed E-state index contributed by atoms with van der Waals surface area (Å²) < 4.78 is 13.2. The van der Waals surface area contributed by atoms with Crippen LogP contribution >= 0.6 is 0 Å². The van der Waals surface area contributed by atoms with Gasteiger partial charge in [0.1, 0.15) is 18.1 Å². The molecule has 2 N–H and O–H groups in total. The van der Waals surface area contributed by atoms with Gasteiger partial charge in [-0.1, -0.05) is 13.0 Å². The number of nitrogens with zero attached hydrogens (tertiary/aromatic N) is 2. The quantitative estimate of drug-likeness (QED) is 0.842. The first kappa shape index (κ1) is 14.4. The standard InChI is InChI=1S/C15H21N3O2/c1-3-8-19-14-5-4-12(10-16)15(9-14)20-11-13-6-7-18(2)17-13/h4-7,9H,3,8,10-11,16H2,1-2H3. The lowest BCUT2D eigenvalue weighted by Gasteiger charge is -2.12. The maximum Gasteiger partial charge on any atom is 0.132 e. The normalized spacial score (nSPS) is 10.6. The summed E-state index contributed by atoms with van der Waals surface area (Å²) in [5.41, 5.74) is 7.58. The molecule has 0 atom stereocenters. The number of benzene rings is 1. The second kappa shape index (κ2) is 6.96. The molecule has 1 aromatic heterocycles. The van der Waals surface area contributed by atoms with Gasteiger partial charge in [-0.3, -0.25) is 4.68 Å². The smallest absolute Gasteiger partial charge is 0.132 e. The van der Waals surface area contributed by atoms with Crippen molar-refractivity contribution in [3.05, 3.63) is 41.7 Å². The van der Waals surface area contributed by atoms with Crippen LogP contribution in [0.3, 0.4) is 0 Å². The monoisotopic (exact) mass is 275 g/mol. The highest BCUT2D eigenvalue weighted by Gasteiger charge is 2.06. The fourth-order valence-electron chi connectivity index (χ4n) is 1.84. The SMILES string of the molecule is CCCOc1ccc(CN)c(OCc2ccn(C)n2)c1. The minimum Gasteiger partial charge on any atom is -0.493 e. The molecular weight excluding hydrogens is 254 g/mol. The molecule has 1 heterocycles. The molecule has 0 saturated carbocycles. The molecule has 0 spiro atoms. The van der Waals surface area contributed by atoms with E-state index >= 15 is 0 Å². The Kier molecular flexibility index (Phi) is 5.01. The van der Waals surface area contributed by atoms with Crippen molar-refractivity contribution in [3.8, 4) is 11.5 Å². The maximum absolute atomic E-state index is 5.81. The first-order valence-corrected chi connectivity index (χ1v) is 6.80. The minimum atomic E-state index is 0.422. The van der Waals surface area contributed by atoms with Crippen LogP contribution in [0.25, 0.3) is 0 Å². The van der Waals surface area contributed by atoms with Gasteiger partial charge < -0.3 is 15.2 Å². The van der Waals surface area contributed by atoms with Gasteiger partial charge >= 0.3 is 0 Å². The molecule has 108 valence electrons. The number of hydrogen-bond donors (Lipinski definition) is 1. The molecule has 0 aliphatic heterocycles. The molecule has 1 aromatic carbocycles. The zero-order chi connectivity index (χ0) is 14.4. The summed E-state index contributed by atoms with van der Waals surface area (Å²) in [4.78, 5) is 0. The van der Waals surface area contributed by atoms with Gasteiger partial charge in [0.2, 0.25) is 0 Å². The van der Waals surface area contributed by atoms with Crippen LogP contribution in [-0.4, -0.2) is 16.4 Å². The average Bonchev–Trinajstić information content (AvgIpc) is 2.88. The van der Waals surface area contributed by atoms with Gasteiger partial charge in [0.25, 0.3) is 0 Å². The molecule has 0 saturated heterocycles. The molecule has 0 aliphatic rings. The van der Waals surface area contributed by atoms with Crippen molar-refractivity contribution in [1.29, 1.82) is 0 Å². The summed E-state index contributed by atoms with van der Waals surface area (Å²) in [5, 5.41) is 4.28. The van der Waals surface area contributed by atoms with E-state index in [1.165, 1.54) is 0 Å². The molecule has 0 aliphatic carbocycles. The number of aryl methyl sites for hydroxylation is 1. The van der Waals surface area contributed by atoms with E-state index in [-0.39, 0.29) is 0 Å². The molecule has 0 bridgehead atoms. The van der Waals surface area contributed by atoms with Crippen LogP contribution in [0, 0.1) is 0 Å². The third-order valence-electron chi connectivity index (χ3n) is 2.88. The fraction of sp³-hybridized carbons (Fsp3) is 0.400. The number of hydrogen-bond acceptors (Lipinski definition) is 4. The number of ether oxygens (including phenoxy) is 2. The molecule has 5 heteroatoms. The van der Waals surface area contributed by atoms with Crippen LogP contribution in [0.4, 0.5) is 0 Å². The molecule has 0 fully saturated rings. The van der Waals surface area contributed by atoms with Crippen LogP contribution in [0.15, 0.2) is 30.5 Å². The highest BCUT2D eigenvalue weighted by atomic mass is 16.5.